The van der Waals surface area contributed by atoms with Gasteiger partial charge in [-0.3, -0.25) is 4.79 Å². The second-order valence-corrected chi connectivity index (χ2v) is 10.3. The van der Waals surface area contributed by atoms with Crippen molar-refractivity contribution in [3.63, 3.8) is 0 Å². The Bertz CT molecular complexity index is 1300. The first-order chi connectivity index (χ1) is 18.1. The van der Waals surface area contributed by atoms with Crippen LogP contribution >= 0.6 is 0 Å². The van der Waals surface area contributed by atoms with E-state index in [2.05, 4.69) is 5.32 Å². The van der Waals surface area contributed by atoms with Gasteiger partial charge in [0.05, 0.1) is 19.1 Å². The second-order valence-electron chi connectivity index (χ2n) is 10.3. The van der Waals surface area contributed by atoms with Gasteiger partial charge in [0, 0.05) is 17.5 Å². The molecule has 4 unspecified atom stereocenters. The summed E-state index contributed by atoms with van der Waals surface area (Å²) < 4.78 is 5.27. The molecule has 3 aromatic rings. The molecule has 198 valence electrons. The Hall–Kier alpha value is -4.13. The zero-order valence-corrected chi connectivity index (χ0v) is 22.3. The van der Waals surface area contributed by atoms with Gasteiger partial charge in [0.25, 0.3) is 0 Å². The Balaban J connectivity index is 2.01. The monoisotopic (exact) mass is 514 g/mol. The van der Waals surface area contributed by atoms with Crippen molar-refractivity contribution in [2.45, 2.75) is 51.2 Å². The second kappa shape index (κ2) is 10.7. The number of benzene rings is 3. The number of ketones is 1. The summed E-state index contributed by atoms with van der Waals surface area (Å²) >= 11 is 0. The molecule has 1 aliphatic rings. The summed E-state index contributed by atoms with van der Waals surface area (Å²) in [6, 6.07) is 21.9. The molecular formula is C31H34N2O5. The van der Waals surface area contributed by atoms with Gasteiger partial charge in [0.2, 0.25) is 0 Å². The molecule has 7 heteroatoms. The molecule has 0 aromatic heterocycles. The lowest BCUT2D eigenvalue weighted by Crippen LogP contribution is -2.57. The number of carbonyl (C=O) groups excluding carboxylic acids is 2. The van der Waals surface area contributed by atoms with Crippen LogP contribution in [-0.4, -0.2) is 46.5 Å². The zero-order chi connectivity index (χ0) is 27.6. The van der Waals surface area contributed by atoms with Crippen LogP contribution in [0.1, 0.15) is 59.8 Å². The highest BCUT2D eigenvalue weighted by Gasteiger charge is 2.65. The van der Waals surface area contributed by atoms with Crippen LogP contribution in [0.3, 0.4) is 0 Å². The van der Waals surface area contributed by atoms with Crippen LogP contribution < -0.4 is 10.1 Å². The zero-order valence-electron chi connectivity index (χ0n) is 22.3. The van der Waals surface area contributed by atoms with Crippen molar-refractivity contribution in [3.8, 4) is 5.75 Å². The fraction of sp³-hybridized carbons (Fsp3) is 0.323. The lowest BCUT2D eigenvalue weighted by Gasteiger charge is -2.38. The van der Waals surface area contributed by atoms with Crippen LogP contribution in [0.2, 0.25) is 0 Å². The van der Waals surface area contributed by atoms with Gasteiger partial charge in [-0.15, -0.1) is 0 Å². The highest BCUT2D eigenvalue weighted by molar-refractivity contribution is 6.02. The molecule has 38 heavy (non-hydrogen) atoms. The number of carboxylic acids is 1. The number of urea groups is 1. The van der Waals surface area contributed by atoms with Crippen LogP contribution in [0.25, 0.3) is 0 Å². The summed E-state index contributed by atoms with van der Waals surface area (Å²) in [6.45, 7) is 7.15. The van der Waals surface area contributed by atoms with E-state index in [1.54, 1.807) is 38.3 Å². The van der Waals surface area contributed by atoms with E-state index in [-0.39, 0.29) is 11.8 Å². The number of amides is 2. The number of methoxy groups -OCH3 is 1. The van der Waals surface area contributed by atoms with Gasteiger partial charge < -0.3 is 20.1 Å². The maximum absolute atomic E-state index is 14.4. The summed E-state index contributed by atoms with van der Waals surface area (Å²) in [5.41, 5.74) is 1.10. The molecule has 1 saturated heterocycles. The van der Waals surface area contributed by atoms with E-state index in [4.69, 9.17) is 4.74 Å². The van der Waals surface area contributed by atoms with Crippen molar-refractivity contribution in [2.24, 2.45) is 5.92 Å². The molecular weight excluding hydrogens is 480 g/mol. The van der Waals surface area contributed by atoms with Gasteiger partial charge in [-0.2, -0.15) is 0 Å². The highest BCUT2D eigenvalue weighted by Crippen LogP contribution is 2.56. The Morgan fingerprint density at radius 3 is 2.05 bits per heavy atom. The van der Waals surface area contributed by atoms with Crippen molar-refractivity contribution in [1.82, 2.24) is 10.2 Å². The molecule has 2 amide bonds. The quantitative estimate of drug-likeness (QED) is 0.400. The minimum absolute atomic E-state index is 0.231. The molecule has 0 bridgehead atoms. The molecule has 0 aliphatic carbocycles. The fourth-order valence-electron chi connectivity index (χ4n) is 5.58. The van der Waals surface area contributed by atoms with E-state index in [1.807, 2.05) is 75.4 Å². The Labute approximate surface area is 223 Å². The summed E-state index contributed by atoms with van der Waals surface area (Å²) in [5.74, 6) is -2.49. The predicted molar refractivity (Wildman–Crippen MR) is 145 cm³/mol. The number of hydrogen-bond acceptors (Lipinski definition) is 4. The number of aryl methyl sites for hydroxylation is 1. The number of hydrogen-bond donors (Lipinski definition) is 2. The third kappa shape index (κ3) is 4.76. The first-order valence-corrected chi connectivity index (χ1v) is 12.7. The summed E-state index contributed by atoms with van der Waals surface area (Å²) in [7, 11) is 1.55. The Morgan fingerprint density at radius 1 is 0.921 bits per heavy atom. The smallest absolute Gasteiger partial charge is 0.330 e. The summed E-state index contributed by atoms with van der Waals surface area (Å²) in [4.78, 5) is 42.8. The first-order valence-electron chi connectivity index (χ1n) is 12.7. The molecule has 1 heterocycles. The van der Waals surface area contributed by atoms with Crippen molar-refractivity contribution >= 4 is 17.8 Å². The third-order valence-corrected chi connectivity index (χ3v) is 7.40. The van der Waals surface area contributed by atoms with E-state index in [0.717, 1.165) is 5.56 Å². The van der Waals surface area contributed by atoms with E-state index in [1.165, 1.54) is 4.90 Å². The lowest BCUT2D eigenvalue weighted by atomic mass is 9.71. The average Bonchev–Trinajstić information content (AvgIpc) is 3.19. The number of carbonyl (C=O) groups is 3. The molecule has 1 fully saturated rings. The van der Waals surface area contributed by atoms with Gasteiger partial charge in [-0.1, -0.05) is 60.2 Å². The topological polar surface area (TPSA) is 95.9 Å². The summed E-state index contributed by atoms with van der Waals surface area (Å²) in [5, 5.41) is 13.6. The molecule has 0 radical (unpaired) electrons. The normalized spacial score (nSPS) is 22.8. The standard InChI is InChI=1S/C31H34N2O5/c1-19(2)32-30(37)33-27(22-13-11-20(3)12-14-22)25(28(34)23-15-17-24(38-5)18-16-23)26(31(33,4)29(35)36)21-9-7-6-8-10-21/h6-19,25-27H,1-5H3,(H,32,37)(H,35,36). The third-order valence-electron chi connectivity index (χ3n) is 7.40. The van der Waals surface area contributed by atoms with Crippen molar-refractivity contribution < 1.29 is 24.2 Å². The SMILES string of the molecule is COc1ccc(C(=O)C2C(c3ccc(C)cc3)N(C(=O)NC(C)C)C(C)(C(=O)O)C2c2ccccc2)cc1. The minimum atomic E-state index is -1.72. The van der Waals surface area contributed by atoms with E-state index < -0.39 is 35.4 Å². The number of Topliss-reactive ketones (excluding diaryl/α,β-unsaturated/α-hetero) is 1. The van der Waals surface area contributed by atoms with Crippen LogP contribution in [0.5, 0.6) is 5.75 Å². The number of nitrogens with one attached hydrogen (secondary N) is 1. The van der Waals surface area contributed by atoms with Crippen molar-refractivity contribution in [1.29, 1.82) is 0 Å². The molecule has 3 aromatic carbocycles. The molecule has 7 nitrogen and oxygen atoms in total. The number of rotatable bonds is 7. The van der Waals surface area contributed by atoms with Crippen molar-refractivity contribution in [2.75, 3.05) is 7.11 Å². The van der Waals surface area contributed by atoms with Crippen molar-refractivity contribution in [3.05, 3.63) is 101 Å². The first kappa shape index (κ1) is 26.9. The number of carboxylic acid groups (broad SMARTS) is 1. The highest BCUT2D eigenvalue weighted by atomic mass is 16.5. The maximum atomic E-state index is 14.4. The number of likely N-dealkylation sites (tertiary alicyclic amines) is 1. The molecule has 0 spiro atoms. The predicted octanol–water partition coefficient (Wildman–Crippen LogP) is 5.60. The van der Waals surface area contributed by atoms with Gasteiger partial charge in [-0.25, -0.2) is 9.59 Å². The number of aliphatic carboxylic acids is 1. The van der Waals surface area contributed by atoms with Gasteiger partial charge in [-0.05, 0) is 63.1 Å². The Kier molecular flexibility index (Phi) is 7.58. The van der Waals surface area contributed by atoms with Gasteiger partial charge in [0.15, 0.2) is 5.78 Å². The summed E-state index contributed by atoms with van der Waals surface area (Å²) in [6.07, 6.45) is 0. The minimum Gasteiger partial charge on any atom is -0.497 e. The molecule has 4 atom stereocenters. The van der Waals surface area contributed by atoms with Crippen LogP contribution in [0.4, 0.5) is 4.79 Å². The average molecular weight is 515 g/mol. The van der Waals surface area contributed by atoms with Gasteiger partial charge >= 0.3 is 12.0 Å². The molecule has 1 aliphatic heterocycles. The van der Waals surface area contributed by atoms with E-state index in [0.29, 0.717) is 22.4 Å². The van der Waals surface area contributed by atoms with Crippen LogP contribution in [-0.2, 0) is 4.79 Å². The largest absolute Gasteiger partial charge is 0.497 e. The van der Waals surface area contributed by atoms with E-state index >= 15 is 0 Å². The molecule has 0 saturated carbocycles. The number of nitrogens with zero attached hydrogens (tertiary/aromatic N) is 1. The lowest BCUT2D eigenvalue weighted by molar-refractivity contribution is -0.148. The Morgan fingerprint density at radius 2 is 1.53 bits per heavy atom. The number of ether oxygens (including phenoxy) is 1. The van der Waals surface area contributed by atoms with E-state index in [9.17, 15) is 19.5 Å². The maximum Gasteiger partial charge on any atom is 0.330 e. The molecule has 2 N–H and O–H groups in total. The van der Waals surface area contributed by atoms with Crippen LogP contribution in [0, 0.1) is 12.8 Å². The molecule has 4 rings (SSSR count). The fourth-order valence-corrected chi connectivity index (χ4v) is 5.58. The van der Waals surface area contributed by atoms with Crippen LogP contribution in [0.15, 0.2) is 78.9 Å². The van der Waals surface area contributed by atoms with Gasteiger partial charge in [0.1, 0.15) is 11.3 Å².